The minimum atomic E-state index is -4.23. The molecule has 3 aromatic heterocycles. The molecular formula is C70H52GeN4OPt-2. The second kappa shape index (κ2) is 20.6. The van der Waals surface area contributed by atoms with Crippen molar-refractivity contribution in [3.05, 3.63) is 285 Å². The third kappa shape index (κ3) is 8.84. The molecule has 5 nitrogen and oxygen atoms in total. The van der Waals surface area contributed by atoms with Crippen LogP contribution in [0.4, 0.5) is 0 Å². The number of hydrogen-bond acceptors (Lipinski definition) is 2. The summed E-state index contributed by atoms with van der Waals surface area (Å²) < 4.78 is 106. The summed E-state index contributed by atoms with van der Waals surface area (Å²) in [5.41, 5.74) is 4.40. The van der Waals surface area contributed by atoms with E-state index in [1.807, 2.05) is 72.9 Å². The third-order valence-corrected chi connectivity index (χ3v) is 24.2. The fraction of sp³-hybridized carbons (Fsp3) is 0.0571. The van der Waals surface area contributed by atoms with Gasteiger partial charge in [0.15, 0.2) is 0 Å². The number of nitrogens with zero attached hydrogens (tertiary/aromatic N) is 4. The Labute approximate surface area is 481 Å². The summed E-state index contributed by atoms with van der Waals surface area (Å²) in [5, 5.41) is 1.99. The summed E-state index contributed by atoms with van der Waals surface area (Å²) in [4.78, 5) is 4.94. The molecule has 3 heterocycles. The molecule has 77 heavy (non-hydrogen) atoms. The summed E-state index contributed by atoms with van der Waals surface area (Å²) >= 11 is -4.23. The van der Waals surface area contributed by atoms with E-state index in [4.69, 9.17) is 17.9 Å². The number of fused-ring (bicyclic) bond motifs is 4. The molecular weight excluding hydrogens is 1180 g/mol. The van der Waals surface area contributed by atoms with Crippen molar-refractivity contribution in [1.29, 1.82) is 0 Å². The second-order valence-corrected chi connectivity index (χ2v) is 27.5. The standard InChI is InChI=1S/C70H52GeN4O.Pt/c1-70(2,3)52-44-45-72-68(46-52)75-63-37-20-19-34-60(63)61-42-41-57(48-66(61)75)76-67-47-56(40-43-62(67)71(53-28-13-6-14-29-53,54-30-15-7-16-31-54)55-32-17-8-18-33-55)73-49-74(65-39-22-21-38-64(65)73)69-58(50-24-9-4-10-25-50)35-23-36-59(69)51-26-11-5-12-27-51;/h4-46H,1-3H3;/q-2;/i4D,5D,9D,10D,11D,12D,24D,25D,26D,27D;. The van der Waals surface area contributed by atoms with E-state index in [0.29, 0.717) is 28.2 Å². The Morgan fingerprint density at radius 2 is 1.13 bits per heavy atom. The topological polar surface area (TPSA) is 35.9 Å². The van der Waals surface area contributed by atoms with E-state index < -0.39 is 73.7 Å². The minimum absolute atomic E-state index is 0. The van der Waals surface area contributed by atoms with Crippen LogP contribution >= 0.6 is 0 Å². The smallest absolute Gasteiger partial charge is 0 e. The van der Waals surface area contributed by atoms with Crippen LogP contribution in [-0.2, 0) is 26.5 Å². The number of ether oxygens (including phenoxy) is 1. The van der Waals surface area contributed by atoms with Crippen molar-refractivity contribution in [2.75, 3.05) is 0 Å². The molecule has 0 atom stereocenters. The Hall–Kier alpha value is -8.35. The van der Waals surface area contributed by atoms with Crippen molar-refractivity contribution in [3.8, 4) is 50.9 Å². The second-order valence-electron chi connectivity index (χ2n) is 19.6. The van der Waals surface area contributed by atoms with Gasteiger partial charge in [0.05, 0.1) is 8.22 Å². The summed E-state index contributed by atoms with van der Waals surface area (Å²) in [6, 6.07) is 66.6. The number of hydrogen-bond donors (Lipinski definition) is 0. The molecule has 0 fully saturated rings. The first-order chi connectivity index (χ1) is 41.5. The van der Waals surface area contributed by atoms with E-state index >= 15 is 0 Å². The van der Waals surface area contributed by atoms with Gasteiger partial charge in [-0.1, -0.05) is 12.1 Å². The van der Waals surface area contributed by atoms with Gasteiger partial charge in [-0.15, -0.1) is 0 Å². The molecule has 13 aromatic rings. The van der Waals surface area contributed by atoms with Gasteiger partial charge in [-0.05, 0) is 0 Å². The molecule has 0 unspecified atom stereocenters. The predicted molar refractivity (Wildman–Crippen MR) is 313 cm³/mol. The average Bonchev–Trinajstić information content (AvgIpc) is 1.91. The predicted octanol–water partition coefficient (Wildman–Crippen LogP) is 13.6. The zero-order valence-electron chi connectivity index (χ0n) is 52.1. The van der Waals surface area contributed by atoms with Crippen molar-refractivity contribution in [2.24, 2.45) is 0 Å². The zero-order chi connectivity index (χ0) is 59.9. The van der Waals surface area contributed by atoms with E-state index in [1.165, 1.54) is 0 Å². The van der Waals surface area contributed by atoms with Gasteiger partial charge in [0.1, 0.15) is 0 Å². The molecule has 0 aliphatic rings. The first-order valence-corrected chi connectivity index (χ1v) is 29.3. The Balaban J connectivity index is 0.00000739. The fourth-order valence-corrected chi connectivity index (χ4v) is 20.7. The van der Waals surface area contributed by atoms with Crippen LogP contribution in [0.3, 0.4) is 0 Å². The molecule has 0 spiro atoms. The molecule has 0 saturated carbocycles. The first-order valence-electron chi connectivity index (χ1n) is 30.1. The summed E-state index contributed by atoms with van der Waals surface area (Å²) in [6.07, 6.45) is 5.41. The Morgan fingerprint density at radius 1 is 0.558 bits per heavy atom. The molecule has 13 rings (SSSR count). The van der Waals surface area contributed by atoms with Gasteiger partial charge in [0.25, 0.3) is 0 Å². The fourth-order valence-electron chi connectivity index (χ4n) is 10.7. The van der Waals surface area contributed by atoms with Crippen molar-refractivity contribution in [1.82, 2.24) is 14.1 Å². The van der Waals surface area contributed by atoms with Crippen LogP contribution in [-0.4, -0.2) is 27.4 Å². The number of pyridine rings is 1. The molecule has 0 aliphatic heterocycles. The molecule has 0 radical (unpaired) electrons. The number of benzene rings is 10. The van der Waals surface area contributed by atoms with Crippen molar-refractivity contribution in [3.63, 3.8) is 0 Å². The molecule has 0 N–H and O–H groups in total. The summed E-state index contributed by atoms with van der Waals surface area (Å²) in [6.45, 7) is 6.55. The van der Waals surface area contributed by atoms with Crippen molar-refractivity contribution < 1.29 is 44.1 Å². The van der Waals surface area contributed by atoms with Crippen LogP contribution < -0.4 is 26.9 Å². The zero-order valence-corrected chi connectivity index (χ0v) is 46.4. The van der Waals surface area contributed by atoms with Crippen LogP contribution in [0.1, 0.15) is 40.0 Å². The summed E-state index contributed by atoms with van der Waals surface area (Å²) in [7, 11) is 0. The maximum absolute atomic E-state index is 9.24. The molecule has 374 valence electrons. The van der Waals surface area contributed by atoms with Crippen molar-refractivity contribution in [2.45, 2.75) is 26.2 Å². The molecule has 0 amide bonds. The molecule has 7 heteroatoms. The van der Waals surface area contributed by atoms with E-state index in [0.717, 1.165) is 50.8 Å². The number of imidazole rings is 1. The van der Waals surface area contributed by atoms with Gasteiger partial charge in [0.2, 0.25) is 0 Å². The maximum atomic E-state index is 9.24. The molecule has 10 aromatic carbocycles. The average molecular weight is 1240 g/mol. The SMILES string of the molecule is [2H]c1c([2H])c([2H])c(-c2cccc(-c3c([2H])c([2H])c([2H])c([2H])c3[2H])c2-[n+]2[c-]n(-c3[c-]c(Oc4[c-]c5c(cc4)c4ccccc4n5-c4cc(C(C)(C)C)ccn4)[c]([Ge]([c]4ccccc4)([c]4ccccc4)[c]4ccccc4)cc3)c3ccccc32)c([2H])c1[2H].[Pt]. The normalized spacial score (nSPS) is 13.5. The third-order valence-electron chi connectivity index (χ3n) is 14.1. The van der Waals surface area contributed by atoms with E-state index in [-0.39, 0.29) is 54.4 Å². The summed E-state index contributed by atoms with van der Waals surface area (Å²) in [5.74, 6) is 1.58. The van der Waals surface area contributed by atoms with Gasteiger partial charge in [-0.25, -0.2) is 0 Å². The van der Waals surface area contributed by atoms with Crippen LogP contribution in [0.5, 0.6) is 11.5 Å². The number of aromatic nitrogens is 4. The van der Waals surface area contributed by atoms with Crippen LogP contribution in [0.25, 0.3) is 72.3 Å². The molecule has 0 bridgehead atoms. The Bertz CT molecular complexity index is 4620. The van der Waals surface area contributed by atoms with Gasteiger partial charge in [-0.2, -0.15) is 0 Å². The van der Waals surface area contributed by atoms with Gasteiger partial charge in [-0.3, -0.25) is 0 Å². The van der Waals surface area contributed by atoms with Crippen LogP contribution in [0, 0.1) is 18.5 Å². The monoisotopic (exact) mass is 1240 g/mol. The Morgan fingerprint density at radius 3 is 1.74 bits per heavy atom. The van der Waals surface area contributed by atoms with Gasteiger partial charge >= 0.3 is 442 Å². The van der Waals surface area contributed by atoms with Crippen LogP contribution in [0.15, 0.2) is 261 Å². The van der Waals surface area contributed by atoms with Crippen molar-refractivity contribution >= 4 is 63.7 Å². The quantitative estimate of drug-likeness (QED) is 0.0735. The number of para-hydroxylation sites is 4. The van der Waals surface area contributed by atoms with Gasteiger partial charge in [0, 0.05) is 21.1 Å². The first kappa shape index (κ1) is 39.1. The minimum Gasteiger partial charge on any atom is 0 e. The van der Waals surface area contributed by atoms with E-state index in [9.17, 15) is 5.48 Å². The number of rotatable bonds is 11. The van der Waals surface area contributed by atoms with Gasteiger partial charge < -0.3 is 0 Å². The van der Waals surface area contributed by atoms with E-state index in [1.54, 1.807) is 27.3 Å². The Kier molecular flexibility index (Phi) is 10.5. The van der Waals surface area contributed by atoms with Crippen LogP contribution in [0.2, 0.25) is 0 Å². The molecule has 0 saturated heterocycles. The molecule has 0 aliphatic carbocycles. The van der Waals surface area contributed by atoms with E-state index in [2.05, 4.69) is 153 Å².